The Hall–Kier alpha value is -5.29. The first kappa shape index (κ1) is 30.7. The molecule has 0 radical (unpaired) electrons. The first-order chi connectivity index (χ1) is 22.0. The molecule has 1 aromatic carbocycles. The maximum absolute atomic E-state index is 14.8. The van der Waals surface area contributed by atoms with Gasteiger partial charge in [-0.2, -0.15) is 4.57 Å². The van der Waals surface area contributed by atoms with E-state index in [-0.39, 0.29) is 41.2 Å². The Morgan fingerprint density at radius 1 is 1.33 bits per heavy atom. The van der Waals surface area contributed by atoms with E-state index in [1.807, 2.05) is 33.7 Å². The molecule has 2 amide bonds. The van der Waals surface area contributed by atoms with E-state index in [9.17, 15) is 23.9 Å². The fraction of sp³-hybridized carbons (Fsp3) is 0.207. The number of oxime groups is 1. The fourth-order valence-corrected chi connectivity index (χ4v) is 7.24. The van der Waals surface area contributed by atoms with Crippen LogP contribution in [0.1, 0.15) is 16.8 Å². The monoisotopic (exact) mass is 664 g/mol. The highest BCUT2D eigenvalue weighted by Gasteiger charge is 2.54. The van der Waals surface area contributed by atoms with Gasteiger partial charge in [0.1, 0.15) is 47.1 Å². The third kappa shape index (κ3) is 5.65. The summed E-state index contributed by atoms with van der Waals surface area (Å²) in [5, 5.41) is 26.1. The molecule has 236 valence electrons. The normalized spacial score (nSPS) is 17.9. The first-order valence-electron chi connectivity index (χ1n) is 13.7. The highest BCUT2D eigenvalue weighted by atomic mass is 32.2. The SMILES string of the molecule is CON=C(C(=O)N[C@@H]1C(=O)N2C(C(=O)O)=C(C[n+]3ccc4ccn(Cc5ccc(C(=N)N)cc5F)c4c3)CS[C@H]12)c1csc(N)n1. The van der Waals surface area contributed by atoms with Crippen molar-refractivity contribution < 1.29 is 33.3 Å². The Kier molecular flexibility index (Phi) is 8.18. The van der Waals surface area contributed by atoms with Crippen LogP contribution < -0.4 is 21.4 Å². The number of halogens is 1. The van der Waals surface area contributed by atoms with Gasteiger partial charge < -0.3 is 31.3 Å². The average Bonchev–Trinajstić information content (AvgIpc) is 3.64. The van der Waals surface area contributed by atoms with Crippen molar-refractivity contribution in [1.29, 1.82) is 5.41 Å². The number of thiazole rings is 1. The summed E-state index contributed by atoms with van der Waals surface area (Å²) in [7, 11) is 1.27. The van der Waals surface area contributed by atoms with Crippen molar-refractivity contribution in [2.24, 2.45) is 10.9 Å². The Morgan fingerprint density at radius 2 is 2.13 bits per heavy atom. The van der Waals surface area contributed by atoms with E-state index >= 15 is 0 Å². The Bertz CT molecular complexity index is 1990. The van der Waals surface area contributed by atoms with Gasteiger partial charge in [0, 0.05) is 45.5 Å². The van der Waals surface area contributed by atoms with E-state index in [2.05, 4.69) is 15.5 Å². The van der Waals surface area contributed by atoms with Crippen LogP contribution >= 0.6 is 23.1 Å². The number of β-lactam (4-membered cyclic amide) rings is 1. The maximum atomic E-state index is 14.8. The number of nitrogens with zero attached hydrogens (tertiary/aromatic N) is 5. The van der Waals surface area contributed by atoms with Gasteiger partial charge in [-0.1, -0.05) is 17.3 Å². The number of fused-ring (bicyclic) bond motifs is 2. The second-order valence-corrected chi connectivity index (χ2v) is 12.4. The molecule has 5 heterocycles. The van der Waals surface area contributed by atoms with Crippen molar-refractivity contribution in [3.63, 3.8) is 0 Å². The first-order valence-corrected chi connectivity index (χ1v) is 15.6. The summed E-state index contributed by atoms with van der Waals surface area (Å²) in [6.45, 7) is 0.404. The molecule has 0 saturated carbocycles. The number of thioether (sulfide) groups is 1. The summed E-state index contributed by atoms with van der Waals surface area (Å²) in [6, 6.07) is 7.20. The number of hydrogen-bond acceptors (Lipinski definition) is 10. The lowest BCUT2D eigenvalue weighted by molar-refractivity contribution is -0.687. The molecule has 0 spiro atoms. The van der Waals surface area contributed by atoms with Crippen LogP contribution in [-0.4, -0.2) is 73.2 Å². The molecule has 0 aliphatic carbocycles. The van der Waals surface area contributed by atoms with Gasteiger partial charge in [0.2, 0.25) is 0 Å². The van der Waals surface area contributed by atoms with Crippen LogP contribution in [0.4, 0.5) is 9.52 Å². The third-order valence-electron chi connectivity index (χ3n) is 7.55. The van der Waals surface area contributed by atoms with Gasteiger partial charge in [-0.05, 0) is 12.1 Å². The zero-order valence-electron chi connectivity index (χ0n) is 24.1. The number of amides is 2. The number of carboxylic acid groups (broad SMARTS) is 1. The Labute approximate surface area is 268 Å². The van der Waals surface area contributed by atoms with Crippen LogP contribution in [0.3, 0.4) is 0 Å². The molecular weight excluding hydrogens is 638 g/mol. The molecular formula is C29H27FN9O5S2+. The van der Waals surface area contributed by atoms with Crippen LogP contribution in [0.2, 0.25) is 0 Å². The summed E-state index contributed by atoms with van der Waals surface area (Å²) < 4.78 is 18.4. The number of carbonyl (C=O) groups is 3. The largest absolute Gasteiger partial charge is 0.477 e. The Morgan fingerprint density at radius 3 is 2.80 bits per heavy atom. The number of aromatic nitrogens is 3. The van der Waals surface area contributed by atoms with E-state index in [0.717, 1.165) is 22.2 Å². The minimum Gasteiger partial charge on any atom is -0.477 e. The second kappa shape index (κ2) is 12.2. The van der Waals surface area contributed by atoms with Gasteiger partial charge in [-0.3, -0.25) is 19.9 Å². The molecule has 6 rings (SSSR count). The number of nitrogen functional groups attached to an aromatic ring is 2. The van der Waals surface area contributed by atoms with Crippen molar-refractivity contribution in [3.05, 3.63) is 88.2 Å². The number of aliphatic carboxylic acids is 1. The summed E-state index contributed by atoms with van der Waals surface area (Å²) in [5.74, 6) is -2.94. The van der Waals surface area contributed by atoms with Crippen molar-refractivity contribution in [1.82, 2.24) is 19.8 Å². The fourth-order valence-electron chi connectivity index (χ4n) is 5.36. The lowest BCUT2D eigenvalue weighted by atomic mass is 10.0. The number of pyridine rings is 1. The molecule has 4 aromatic rings. The molecule has 14 nitrogen and oxygen atoms in total. The lowest BCUT2D eigenvalue weighted by Crippen LogP contribution is -2.71. The van der Waals surface area contributed by atoms with Gasteiger partial charge in [-0.25, -0.2) is 14.2 Å². The van der Waals surface area contributed by atoms with Crippen LogP contribution in [0.15, 0.2) is 70.7 Å². The van der Waals surface area contributed by atoms with Crippen LogP contribution in [0, 0.1) is 11.2 Å². The predicted octanol–water partition coefficient (Wildman–Crippen LogP) is 1.23. The topological polar surface area (TPSA) is 206 Å². The predicted molar refractivity (Wildman–Crippen MR) is 168 cm³/mol. The van der Waals surface area contributed by atoms with E-state index in [0.29, 0.717) is 22.5 Å². The standard InChI is InChI=1S/C29H26FN9O5S2/c1-44-36-21(19-13-46-29(33)34-19)25(40)35-22-26(41)39-23(28(42)43)17(12-45-27(22)39)9-37-6-4-14-5-7-38(20(14)11-37)10-16-3-2-15(24(31)32)8-18(16)30/h2-8,11,13,22,27H,9-10,12H2,1H3,(H6-,31,32,33,34,35,40,42,43)/p+1/t22-,27-/m1/s1. The molecule has 0 bridgehead atoms. The van der Waals surface area contributed by atoms with Gasteiger partial charge in [0.15, 0.2) is 29.8 Å². The summed E-state index contributed by atoms with van der Waals surface area (Å²) in [4.78, 5) is 48.8. The maximum Gasteiger partial charge on any atom is 0.352 e. The molecule has 2 aliphatic heterocycles. The second-order valence-electron chi connectivity index (χ2n) is 10.4. The zero-order chi connectivity index (χ0) is 32.7. The van der Waals surface area contributed by atoms with Crippen molar-refractivity contribution in [2.45, 2.75) is 24.5 Å². The summed E-state index contributed by atoms with van der Waals surface area (Å²) in [5.41, 5.74) is 13.1. The highest BCUT2D eigenvalue weighted by Crippen LogP contribution is 2.40. The van der Waals surface area contributed by atoms with E-state index < -0.39 is 35.0 Å². The number of amidine groups is 1. The molecule has 46 heavy (non-hydrogen) atoms. The molecule has 1 fully saturated rings. The lowest BCUT2D eigenvalue weighted by Gasteiger charge is -2.49. The smallest absolute Gasteiger partial charge is 0.352 e. The zero-order valence-corrected chi connectivity index (χ0v) is 25.8. The van der Waals surface area contributed by atoms with Crippen molar-refractivity contribution >= 4 is 68.5 Å². The number of rotatable bonds is 10. The van der Waals surface area contributed by atoms with Gasteiger partial charge >= 0.3 is 5.97 Å². The molecule has 3 aromatic heterocycles. The van der Waals surface area contributed by atoms with E-state index in [4.69, 9.17) is 21.7 Å². The number of nitrogens with one attached hydrogen (secondary N) is 2. The van der Waals surface area contributed by atoms with E-state index in [1.54, 1.807) is 18.3 Å². The summed E-state index contributed by atoms with van der Waals surface area (Å²) in [6.07, 6.45) is 5.47. The Balaban J connectivity index is 1.21. The molecule has 7 N–H and O–H groups in total. The molecule has 1 saturated heterocycles. The molecule has 2 atom stereocenters. The third-order valence-corrected chi connectivity index (χ3v) is 9.56. The van der Waals surface area contributed by atoms with Crippen LogP contribution in [-0.2, 0) is 32.3 Å². The number of nitrogens with two attached hydrogens (primary N) is 2. The summed E-state index contributed by atoms with van der Waals surface area (Å²) >= 11 is 2.45. The minimum absolute atomic E-state index is 0.132. The molecule has 0 unspecified atom stereocenters. The number of anilines is 1. The number of carbonyl (C=O) groups excluding carboxylic acids is 2. The average molecular weight is 665 g/mol. The molecule has 2 aliphatic rings. The van der Waals surface area contributed by atoms with Crippen molar-refractivity contribution in [3.8, 4) is 0 Å². The van der Waals surface area contributed by atoms with Gasteiger partial charge in [0.25, 0.3) is 11.8 Å². The quantitative estimate of drug-likeness (QED) is 0.0543. The highest BCUT2D eigenvalue weighted by molar-refractivity contribution is 8.00. The van der Waals surface area contributed by atoms with Crippen LogP contribution in [0.25, 0.3) is 10.9 Å². The number of hydrogen-bond donors (Lipinski definition) is 5. The molecule has 17 heteroatoms. The van der Waals surface area contributed by atoms with Gasteiger partial charge in [0.05, 0.1) is 6.54 Å². The number of benzene rings is 1. The minimum atomic E-state index is -1.26. The number of carboxylic acids is 1. The van der Waals surface area contributed by atoms with Gasteiger partial charge in [-0.15, -0.1) is 23.1 Å². The van der Waals surface area contributed by atoms with Crippen molar-refractivity contribution in [2.75, 3.05) is 18.6 Å². The van der Waals surface area contributed by atoms with E-state index in [1.165, 1.54) is 35.2 Å². The van der Waals surface area contributed by atoms with Crippen LogP contribution in [0.5, 0.6) is 0 Å².